The van der Waals surface area contributed by atoms with E-state index in [4.69, 9.17) is 17.8 Å². The van der Waals surface area contributed by atoms with Crippen LogP contribution in [0.1, 0.15) is 58.8 Å². The molecule has 134 valence electrons. The summed E-state index contributed by atoms with van der Waals surface area (Å²) in [6.07, 6.45) is 14.9. The minimum atomic E-state index is -2.49. The van der Waals surface area contributed by atoms with E-state index in [1.54, 1.807) is 0 Å². The molecule has 0 saturated carbocycles. The van der Waals surface area contributed by atoms with Crippen LogP contribution in [-0.2, 0) is 0 Å². The van der Waals surface area contributed by atoms with Crippen LogP contribution in [0.3, 0.4) is 0 Å². The van der Waals surface area contributed by atoms with Crippen molar-refractivity contribution < 1.29 is 0 Å². The average molecular weight is 466 g/mol. The van der Waals surface area contributed by atoms with Gasteiger partial charge in [0.05, 0.1) is 0 Å². The number of rotatable bonds is 7. The molecule has 0 spiro atoms. The van der Waals surface area contributed by atoms with E-state index in [2.05, 4.69) is 42.7 Å². The second kappa shape index (κ2) is 12.9. The summed E-state index contributed by atoms with van der Waals surface area (Å²) in [5, 5.41) is 8.99. The molecule has 2 aliphatic heterocycles. The van der Waals surface area contributed by atoms with Gasteiger partial charge in [-0.2, -0.15) is 5.70 Å². The van der Waals surface area contributed by atoms with Gasteiger partial charge >= 0.3 is 82.4 Å². The topological polar surface area (TPSA) is 28.2 Å². The molecule has 23 heavy (non-hydrogen) atoms. The SMILES string of the molecule is C1=CC[N-]C(C2CCCC[N-]2)=C1.CCC[CH2][Sn]([Cl])([Cl])[CH2]CCC. The van der Waals surface area contributed by atoms with Gasteiger partial charge in [-0.05, 0) is 0 Å². The average Bonchev–Trinajstić information content (AvgIpc) is 2.60. The van der Waals surface area contributed by atoms with Gasteiger partial charge < -0.3 is 10.6 Å². The first-order valence-electron chi connectivity index (χ1n) is 9.17. The molecule has 0 N–H and O–H groups in total. The molecule has 5 heteroatoms. The number of hydrogen-bond donors (Lipinski definition) is 0. The van der Waals surface area contributed by atoms with Crippen molar-refractivity contribution in [3.8, 4) is 0 Å². The number of unbranched alkanes of at least 4 members (excludes halogenated alkanes) is 2. The van der Waals surface area contributed by atoms with Crippen molar-refractivity contribution >= 4 is 34.0 Å². The van der Waals surface area contributed by atoms with Crippen molar-refractivity contribution in [2.75, 3.05) is 13.1 Å². The first kappa shape index (κ1) is 21.7. The normalized spacial score (nSPS) is 21.0. The van der Waals surface area contributed by atoms with E-state index < -0.39 is 16.1 Å². The van der Waals surface area contributed by atoms with E-state index in [-0.39, 0.29) is 0 Å². The van der Waals surface area contributed by atoms with Crippen molar-refractivity contribution in [3.05, 3.63) is 34.6 Å². The molecule has 1 unspecified atom stereocenters. The van der Waals surface area contributed by atoms with E-state index in [1.807, 2.05) is 0 Å². The van der Waals surface area contributed by atoms with Crippen molar-refractivity contribution in [3.63, 3.8) is 0 Å². The van der Waals surface area contributed by atoms with Gasteiger partial charge in [0, 0.05) is 0 Å². The van der Waals surface area contributed by atoms with Gasteiger partial charge in [-0.1, -0.05) is 31.4 Å². The number of allylic oxidation sites excluding steroid dienone is 2. The molecular weight excluding hydrogens is 434 g/mol. The summed E-state index contributed by atoms with van der Waals surface area (Å²) in [4.78, 5) is 0. The molecule has 0 radical (unpaired) electrons. The molecule has 2 rings (SSSR count). The summed E-state index contributed by atoms with van der Waals surface area (Å²) in [6.45, 7) is 6.25. The van der Waals surface area contributed by atoms with Gasteiger partial charge in [0.15, 0.2) is 0 Å². The molecule has 1 fully saturated rings. The van der Waals surface area contributed by atoms with E-state index >= 15 is 0 Å². The number of piperidine rings is 1. The Morgan fingerprint density at radius 1 is 1.13 bits per heavy atom. The molecule has 0 aromatic carbocycles. The van der Waals surface area contributed by atoms with Gasteiger partial charge in [-0.15, -0.1) is 25.2 Å². The minimum absolute atomic E-state index is 0.406. The van der Waals surface area contributed by atoms with Crippen LogP contribution in [0.2, 0.25) is 8.87 Å². The molecule has 0 amide bonds. The van der Waals surface area contributed by atoms with E-state index in [9.17, 15) is 0 Å². The van der Waals surface area contributed by atoms with Crippen LogP contribution in [0.5, 0.6) is 0 Å². The van der Waals surface area contributed by atoms with Gasteiger partial charge in [-0.3, -0.25) is 0 Å². The van der Waals surface area contributed by atoms with Gasteiger partial charge in [0.2, 0.25) is 0 Å². The van der Waals surface area contributed by atoms with Crippen LogP contribution >= 0.6 is 17.8 Å². The summed E-state index contributed by atoms with van der Waals surface area (Å²) in [7, 11) is 12.5. The van der Waals surface area contributed by atoms with Crippen molar-refractivity contribution in [2.24, 2.45) is 0 Å². The van der Waals surface area contributed by atoms with Crippen LogP contribution in [0, 0.1) is 0 Å². The fourth-order valence-corrected chi connectivity index (χ4v) is 11.9. The Labute approximate surface area is 154 Å². The second-order valence-corrected chi connectivity index (χ2v) is 25.1. The van der Waals surface area contributed by atoms with Gasteiger partial charge in [0.25, 0.3) is 0 Å². The zero-order chi connectivity index (χ0) is 17.0. The Bertz CT molecular complexity index is 354. The summed E-state index contributed by atoms with van der Waals surface area (Å²) in [5.41, 5.74) is 1.19. The Balaban J connectivity index is 0.000000232. The zero-order valence-corrected chi connectivity index (χ0v) is 19.1. The molecule has 0 aromatic heterocycles. The van der Waals surface area contributed by atoms with Crippen molar-refractivity contribution in [1.82, 2.24) is 0 Å². The van der Waals surface area contributed by atoms with E-state index in [1.165, 1.54) is 50.6 Å². The Morgan fingerprint density at radius 3 is 2.30 bits per heavy atom. The quantitative estimate of drug-likeness (QED) is 0.354. The Morgan fingerprint density at radius 2 is 1.83 bits per heavy atom. The molecule has 0 aromatic rings. The Kier molecular flexibility index (Phi) is 12.2. The van der Waals surface area contributed by atoms with Crippen LogP contribution in [0.4, 0.5) is 0 Å². The molecule has 2 heterocycles. The molecule has 2 nitrogen and oxygen atoms in total. The fraction of sp³-hybridized carbons (Fsp3) is 0.778. The summed E-state index contributed by atoms with van der Waals surface area (Å²) in [5.74, 6) is 0. The Hall–Kier alpha value is 0.619. The maximum atomic E-state index is 6.27. The van der Waals surface area contributed by atoms with Crippen molar-refractivity contribution in [2.45, 2.75) is 73.7 Å². The number of halogens is 2. The van der Waals surface area contributed by atoms with Gasteiger partial charge in [-0.25, -0.2) is 0 Å². The third-order valence-corrected chi connectivity index (χ3v) is 15.4. The zero-order valence-electron chi connectivity index (χ0n) is 14.7. The maximum absolute atomic E-state index is 6.27. The molecule has 1 atom stereocenters. The standard InChI is InChI=1S/C10H14N2.2C4H9.2ClH.Sn/c1-3-7-11-9(5-1)10-6-2-4-8-12-10;2*1-3-4-2;;;/h1,3,5,10H,2,4,6-8H2;2*1,3-4H2,2H3;2*1H;/q-2;;;;;+2/p-2. The van der Waals surface area contributed by atoms with Crippen LogP contribution in [0.15, 0.2) is 23.9 Å². The molecular formula is C18H32Cl2N2Sn-2. The molecule has 2 aliphatic rings. The summed E-state index contributed by atoms with van der Waals surface area (Å²) >= 11 is -2.49. The molecule has 0 bridgehead atoms. The first-order chi connectivity index (χ1) is 11.1. The van der Waals surface area contributed by atoms with E-state index in [0.29, 0.717) is 6.04 Å². The number of nitrogens with zero attached hydrogens (tertiary/aromatic N) is 2. The first-order valence-corrected chi connectivity index (χ1v) is 20.4. The predicted octanol–water partition coefficient (Wildman–Crippen LogP) is 7.25. The predicted molar refractivity (Wildman–Crippen MR) is 108 cm³/mol. The number of hydrogen-bond acceptors (Lipinski definition) is 0. The van der Waals surface area contributed by atoms with Crippen molar-refractivity contribution in [1.29, 1.82) is 0 Å². The monoisotopic (exact) mass is 466 g/mol. The fourth-order valence-electron chi connectivity index (χ4n) is 2.68. The summed E-state index contributed by atoms with van der Waals surface area (Å²) < 4.78 is 2.29. The molecule has 1 saturated heterocycles. The van der Waals surface area contributed by atoms with Crippen LogP contribution in [-0.4, -0.2) is 35.3 Å². The molecule has 0 aliphatic carbocycles. The second-order valence-electron chi connectivity index (χ2n) is 6.34. The van der Waals surface area contributed by atoms with Gasteiger partial charge in [0.1, 0.15) is 0 Å². The third-order valence-electron chi connectivity index (χ3n) is 4.15. The van der Waals surface area contributed by atoms with Crippen LogP contribution < -0.4 is 0 Å². The third kappa shape index (κ3) is 10.3. The van der Waals surface area contributed by atoms with E-state index in [0.717, 1.165) is 22.0 Å². The summed E-state index contributed by atoms with van der Waals surface area (Å²) in [6, 6.07) is 0.406. The van der Waals surface area contributed by atoms with Crippen LogP contribution in [0.25, 0.3) is 10.6 Å².